The smallest absolute Gasteiger partial charge is 0.255 e. The monoisotopic (exact) mass is 554 g/mol. The van der Waals surface area contributed by atoms with Crippen LogP contribution in [0.5, 0.6) is 0 Å². The number of anilines is 3. The van der Waals surface area contributed by atoms with E-state index in [-0.39, 0.29) is 31.8 Å². The fourth-order valence-corrected chi connectivity index (χ4v) is 5.93. The van der Waals surface area contributed by atoms with Crippen LogP contribution in [0.3, 0.4) is 0 Å². The third-order valence-electron chi connectivity index (χ3n) is 8.11. The van der Waals surface area contributed by atoms with E-state index in [0.717, 1.165) is 45.5 Å². The molecule has 3 aromatic rings. The van der Waals surface area contributed by atoms with Gasteiger partial charge in [0.2, 0.25) is 0 Å². The van der Waals surface area contributed by atoms with Gasteiger partial charge in [0.25, 0.3) is 11.8 Å². The summed E-state index contributed by atoms with van der Waals surface area (Å²) in [6.45, 7) is 2.45. The number of benzene rings is 2. The first-order chi connectivity index (χ1) is 17.3. The van der Waals surface area contributed by atoms with Crippen LogP contribution in [0.25, 0.3) is 10.9 Å². The molecule has 1 spiro atoms. The number of nitrogens with one attached hydrogen (secondary N) is 1. The summed E-state index contributed by atoms with van der Waals surface area (Å²) in [5.74, 6) is -2.86. The van der Waals surface area contributed by atoms with Crippen molar-refractivity contribution >= 4 is 49.8 Å². The summed E-state index contributed by atoms with van der Waals surface area (Å²) >= 11 is 3.59. The standard InChI is InChI=1S/C28H29BrF2N4O/c29-21-3-4-22(23(18-21)34-12-7-27(5-6-27)8-13-34)33-26(36)20-16-19-2-1-11-32-25(19)24(17-20)35-14-9-28(30,31)10-15-35/h1-4,11,16-18H,5-10,12-15H2,(H,33,36). The number of pyridine rings is 1. The Bertz CT molecular complexity index is 1310. The number of rotatable bonds is 4. The highest BCUT2D eigenvalue weighted by molar-refractivity contribution is 9.10. The summed E-state index contributed by atoms with van der Waals surface area (Å²) in [6, 6.07) is 13.3. The van der Waals surface area contributed by atoms with Crippen molar-refractivity contribution in [3.05, 3.63) is 58.7 Å². The predicted octanol–water partition coefficient (Wildman–Crippen LogP) is 6.87. The van der Waals surface area contributed by atoms with E-state index >= 15 is 0 Å². The van der Waals surface area contributed by atoms with Crippen LogP contribution in [0, 0.1) is 5.41 Å². The van der Waals surface area contributed by atoms with Gasteiger partial charge in [-0.1, -0.05) is 22.0 Å². The minimum atomic E-state index is -2.64. The van der Waals surface area contributed by atoms with E-state index in [9.17, 15) is 13.6 Å². The van der Waals surface area contributed by atoms with Gasteiger partial charge in [-0.2, -0.15) is 0 Å². The first-order valence-electron chi connectivity index (χ1n) is 12.7. The van der Waals surface area contributed by atoms with E-state index in [2.05, 4.69) is 37.2 Å². The zero-order valence-corrected chi connectivity index (χ0v) is 21.7. The van der Waals surface area contributed by atoms with Crippen LogP contribution in [-0.4, -0.2) is 43.0 Å². The number of carbonyl (C=O) groups excluding carboxylic acids is 1. The largest absolute Gasteiger partial charge is 0.370 e. The second-order valence-corrected chi connectivity index (χ2v) is 11.4. The Kier molecular flexibility index (Phi) is 5.90. The fourth-order valence-electron chi connectivity index (χ4n) is 5.59. The van der Waals surface area contributed by atoms with Crippen molar-refractivity contribution in [1.29, 1.82) is 0 Å². The number of aromatic nitrogens is 1. The van der Waals surface area contributed by atoms with Crippen molar-refractivity contribution in [2.75, 3.05) is 41.3 Å². The Balaban J connectivity index is 1.29. The molecule has 1 N–H and O–H groups in total. The van der Waals surface area contributed by atoms with Gasteiger partial charge in [-0.05, 0) is 67.5 Å². The Hall–Kier alpha value is -2.74. The van der Waals surface area contributed by atoms with Crippen LogP contribution in [0.2, 0.25) is 0 Å². The lowest BCUT2D eigenvalue weighted by molar-refractivity contribution is -0.0220. The Labute approximate surface area is 218 Å². The number of amides is 1. The predicted molar refractivity (Wildman–Crippen MR) is 143 cm³/mol. The maximum absolute atomic E-state index is 13.8. The normalized spacial score (nSPS) is 20.5. The highest BCUT2D eigenvalue weighted by Gasteiger charge is 2.44. The summed E-state index contributed by atoms with van der Waals surface area (Å²) in [5, 5.41) is 3.95. The fraction of sp³-hybridized carbons (Fsp3) is 0.429. The van der Waals surface area contributed by atoms with E-state index in [0.29, 0.717) is 11.0 Å². The van der Waals surface area contributed by atoms with Gasteiger partial charge in [0, 0.05) is 60.6 Å². The molecule has 3 fully saturated rings. The molecule has 188 valence electrons. The number of piperidine rings is 2. The van der Waals surface area contributed by atoms with Crippen molar-refractivity contribution in [2.45, 2.75) is 44.4 Å². The Morgan fingerprint density at radius 3 is 2.31 bits per heavy atom. The van der Waals surface area contributed by atoms with E-state index < -0.39 is 5.92 Å². The molecule has 0 atom stereocenters. The average molecular weight is 555 g/mol. The molecule has 1 amide bonds. The van der Waals surface area contributed by atoms with E-state index in [1.807, 2.05) is 35.2 Å². The molecule has 1 aliphatic carbocycles. The average Bonchev–Trinajstić information content (AvgIpc) is 3.63. The van der Waals surface area contributed by atoms with Crippen molar-refractivity contribution in [3.63, 3.8) is 0 Å². The second-order valence-electron chi connectivity index (χ2n) is 10.5. The first-order valence-corrected chi connectivity index (χ1v) is 13.5. The van der Waals surface area contributed by atoms with Crippen LogP contribution in [0.1, 0.15) is 48.9 Å². The number of alkyl halides is 2. The molecule has 1 saturated carbocycles. The van der Waals surface area contributed by atoms with Gasteiger partial charge in [0.1, 0.15) is 0 Å². The van der Waals surface area contributed by atoms with E-state index in [1.54, 1.807) is 12.3 Å². The van der Waals surface area contributed by atoms with Gasteiger partial charge >= 0.3 is 0 Å². The lowest BCUT2D eigenvalue weighted by atomic mass is 9.93. The Morgan fingerprint density at radius 1 is 0.889 bits per heavy atom. The number of nitrogens with zero attached hydrogens (tertiary/aromatic N) is 3. The van der Waals surface area contributed by atoms with Gasteiger partial charge in [-0.25, -0.2) is 8.78 Å². The van der Waals surface area contributed by atoms with Gasteiger partial charge in [0.15, 0.2) is 0 Å². The number of hydrogen-bond acceptors (Lipinski definition) is 4. The maximum atomic E-state index is 13.8. The summed E-state index contributed by atoms with van der Waals surface area (Å²) in [5.41, 5.74) is 4.32. The third-order valence-corrected chi connectivity index (χ3v) is 8.61. The summed E-state index contributed by atoms with van der Waals surface area (Å²) < 4.78 is 28.6. The maximum Gasteiger partial charge on any atom is 0.255 e. The Morgan fingerprint density at radius 2 is 1.58 bits per heavy atom. The van der Waals surface area contributed by atoms with Crippen molar-refractivity contribution in [2.24, 2.45) is 5.41 Å². The highest BCUT2D eigenvalue weighted by Crippen LogP contribution is 2.54. The number of carbonyl (C=O) groups is 1. The molecule has 3 heterocycles. The molecule has 0 bridgehead atoms. The summed E-state index contributed by atoms with van der Waals surface area (Å²) in [4.78, 5) is 22.3. The molecule has 2 aliphatic heterocycles. The minimum absolute atomic E-state index is 0.197. The number of fused-ring (bicyclic) bond motifs is 1. The van der Waals surface area contributed by atoms with Crippen LogP contribution in [0.4, 0.5) is 25.8 Å². The van der Waals surface area contributed by atoms with Gasteiger partial charge in [-0.15, -0.1) is 0 Å². The zero-order chi connectivity index (χ0) is 24.9. The van der Waals surface area contributed by atoms with Gasteiger partial charge in [0.05, 0.1) is 22.6 Å². The van der Waals surface area contributed by atoms with Crippen molar-refractivity contribution < 1.29 is 13.6 Å². The lowest BCUT2D eigenvalue weighted by Gasteiger charge is -2.35. The quantitative estimate of drug-likeness (QED) is 0.382. The molecular formula is C28H29BrF2N4O. The molecule has 0 radical (unpaired) electrons. The molecule has 5 nitrogen and oxygen atoms in total. The van der Waals surface area contributed by atoms with Crippen molar-refractivity contribution in [3.8, 4) is 0 Å². The molecule has 36 heavy (non-hydrogen) atoms. The lowest BCUT2D eigenvalue weighted by Crippen LogP contribution is -2.39. The molecule has 1 aromatic heterocycles. The summed E-state index contributed by atoms with van der Waals surface area (Å²) in [6.07, 6.45) is 6.38. The SMILES string of the molecule is O=C(Nc1ccc(Br)cc1N1CCC2(CC1)CC2)c1cc(N2CCC(F)(F)CC2)c2ncccc2c1. The van der Waals surface area contributed by atoms with Gasteiger partial charge in [-0.3, -0.25) is 9.78 Å². The molecule has 6 rings (SSSR count). The summed E-state index contributed by atoms with van der Waals surface area (Å²) in [7, 11) is 0. The number of halogens is 3. The first kappa shape index (κ1) is 23.6. The van der Waals surface area contributed by atoms with Crippen LogP contribution in [-0.2, 0) is 0 Å². The number of hydrogen-bond donors (Lipinski definition) is 1. The third kappa shape index (κ3) is 4.67. The molecule has 2 saturated heterocycles. The van der Waals surface area contributed by atoms with Crippen LogP contribution < -0.4 is 15.1 Å². The molecule has 0 unspecified atom stereocenters. The van der Waals surface area contributed by atoms with Crippen LogP contribution in [0.15, 0.2) is 53.1 Å². The zero-order valence-electron chi connectivity index (χ0n) is 20.1. The molecule has 2 aromatic carbocycles. The van der Waals surface area contributed by atoms with Gasteiger partial charge < -0.3 is 15.1 Å². The van der Waals surface area contributed by atoms with Crippen LogP contribution >= 0.6 is 15.9 Å². The molecule has 8 heteroatoms. The highest BCUT2D eigenvalue weighted by atomic mass is 79.9. The molecular weight excluding hydrogens is 526 g/mol. The topological polar surface area (TPSA) is 48.5 Å². The minimum Gasteiger partial charge on any atom is -0.370 e. The van der Waals surface area contributed by atoms with E-state index in [4.69, 9.17) is 0 Å². The second kappa shape index (κ2) is 8.98. The van der Waals surface area contributed by atoms with E-state index in [1.165, 1.54) is 25.7 Å². The van der Waals surface area contributed by atoms with Crippen molar-refractivity contribution in [1.82, 2.24) is 4.98 Å². The molecule has 3 aliphatic rings.